The number of hydrogen-bond donors (Lipinski definition) is 0. The topological polar surface area (TPSA) is 32.8 Å². The fourth-order valence-corrected chi connectivity index (χ4v) is 3.65. The van der Waals surface area contributed by atoms with Crippen LogP contribution in [0.2, 0.25) is 5.02 Å². The van der Waals surface area contributed by atoms with E-state index in [0.29, 0.717) is 5.02 Å². The Morgan fingerprint density at radius 1 is 1.11 bits per heavy atom. The van der Waals surface area contributed by atoms with Gasteiger partial charge >= 0.3 is 6.09 Å². The van der Waals surface area contributed by atoms with Gasteiger partial charge in [0.25, 0.3) is 0 Å². The van der Waals surface area contributed by atoms with Crippen molar-refractivity contribution in [2.75, 3.05) is 26.7 Å². The van der Waals surface area contributed by atoms with Crippen LogP contribution in [0.4, 0.5) is 4.79 Å². The second kappa shape index (κ2) is 9.77. The lowest BCUT2D eigenvalue weighted by atomic mass is 10.0. The van der Waals surface area contributed by atoms with Gasteiger partial charge in [0, 0.05) is 18.6 Å². The molecule has 1 fully saturated rings. The predicted molar refractivity (Wildman–Crippen MR) is 109 cm³/mol. The Kier molecular flexibility index (Phi) is 7.13. The Labute approximate surface area is 166 Å². The minimum atomic E-state index is -0.305. The minimum absolute atomic E-state index is 0.0360. The number of rotatable bonds is 7. The second-order valence-electron chi connectivity index (χ2n) is 7.06. The number of ether oxygens (including phenoxy) is 1. The summed E-state index contributed by atoms with van der Waals surface area (Å²) in [4.78, 5) is 16.8. The smallest absolute Gasteiger partial charge is 0.410 e. The fourth-order valence-electron chi connectivity index (χ4n) is 3.53. The molecule has 0 saturated carbocycles. The van der Waals surface area contributed by atoms with Crippen molar-refractivity contribution >= 4 is 17.7 Å². The number of hydrogen-bond acceptors (Lipinski definition) is 3. The summed E-state index contributed by atoms with van der Waals surface area (Å²) in [6, 6.07) is 17.5. The van der Waals surface area contributed by atoms with Crippen LogP contribution in [0.3, 0.4) is 0 Å². The molecule has 0 unspecified atom stereocenters. The molecule has 1 atom stereocenters. The number of nitrogens with zero attached hydrogens (tertiary/aromatic N) is 2. The minimum Gasteiger partial charge on any atom is -0.445 e. The normalized spacial score (nSPS) is 15.5. The molecule has 27 heavy (non-hydrogen) atoms. The Bertz CT molecular complexity index is 715. The van der Waals surface area contributed by atoms with Gasteiger partial charge in [0.2, 0.25) is 0 Å². The molecule has 0 spiro atoms. The third-order valence-corrected chi connectivity index (χ3v) is 5.38. The van der Waals surface area contributed by atoms with E-state index in [1.807, 2.05) is 61.6 Å². The number of likely N-dealkylation sites (tertiary alicyclic amines) is 1. The highest BCUT2D eigenvalue weighted by atomic mass is 35.5. The number of carbonyl (C=O) groups excluding carboxylic acids is 1. The number of halogens is 1. The van der Waals surface area contributed by atoms with Gasteiger partial charge in [0.1, 0.15) is 6.61 Å². The van der Waals surface area contributed by atoms with Crippen LogP contribution >= 0.6 is 11.6 Å². The van der Waals surface area contributed by atoms with Crippen LogP contribution in [0.1, 0.15) is 36.4 Å². The van der Waals surface area contributed by atoms with Gasteiger partial charge in [-0.25, -0.2) is 4.79 Å². The lowest BCUT2D eigenvalue weighted by Crippen LogP contribution is -2.34. The molecular formula is C22H27ClN2O2. The zero-order chi connectivity index (χ0) is 19.1. The van der Waals surface area contributed by atoms with E-state index in [9.17, 15) is 4.79 Å². The molecule has 3 rings (SSSR count). The average molecular weight is 387 g/mol. The van der Waals surface area contributed by atoms with Crippen LogP contribution in [-0.2, 0) is 11.3 Å². The summed E-state index contributed by atoms with van der Waals surface area (Å²) >= 11 is 6.04. The molecule has 2 aromatic rings. The van der Waals surface area contributed by atoms with Crippen LogP contribution in [0.15, 0.2) is 54.6 Å². The van der Waals surface area contributed by atoms with E-state index in [2.05, 4.69) is 4.90 Å². The standard InChI is InChI=1S/C22H27ClN2O2/c1-24(22(26)27-17-18-7-3-2-4-8-18)21(13-16-25-14-5-6-15-25)19-9-11-20(23)12-10-19/h2-4,7-12,21H,5-6,13-17H2,1H3/t21-/m1/s1. The van der Waals surface area contributed by atoms with Crippen molar-refractivity contribution < 1.29 is 9.53 Å². The van der Waals surface area contributed by atoms with Crippen molar-refractivity contribution in [1.82, 2.24) is 9.80 Å². The first-order valence-electron chi connectivity index (χ1n) is 9.55. The Hall–Kier alpha value is -2.04. The van der Waals surface area contributed by atoms with Crippen LogP contribution < -0.4 is 0 Å². The van der Waals surface area contributed by atoms with E-state index in [1.54, 1.807) is 4.90 Å². The fraction of sp³-hybridized carbons (Fsp3) is 0.409. The van der Waals surface area contributed by atoms with Crippen molar-refractivity contribution in [1.29, 1.82) is 0 Å². The maximum absolute atomic E-state index is 12.7. The zero-order valence-electron chi connectivity index (χ0n) is 15.8. The molecule has 0 aliphatic carbocycles. The molecule has 1 heterocycles. The van der Waals surface area contributed by atoms with Crippen molar-refractivity contribution in [3.63, 3.8) is 0 Å². The van der Waals surface area contributed by atoms with Gasteiger partial charge in [-0.15, -0.1) is 0 Å². The monoisotopic (exact) mass is 386 g/mol. The molecule has 0 bridgehead atoms. The van der Waals surface area contributed by atoms with Crippen molar-refractivity contribution in [3.05, 3.63) is 70.7 Å². The molecule has 1 amide bonds. The predicted octanol–water partition coefficient (Wildman–Crippen LogP) is 5.14. The van der Waals surface area contributed by atoms with E-state index in [4.69, 9.17) is 16.3 Å². The zero-order valence-corrected chi connectivity index (χ0v) is 16.6. The first kappa shape index (κ1) is 19.7. The molecule has 0 radical (unpaired) electrons. The van der Waals surface area contributed by atoms with Crippen LogP contribution in [0, 0.1) is 0 Å². The van der Waals surface area contributed by atoms with E-state index < -0.39 is 0 Å². The number of amides is 1. The molecule has 0 aromatic heterocycles. The molecule has 144 valence electrons. The Balaban J connectivity index is 1.65. The van der Waals surface area contributed by atoms with Gasteiger partial charge in [0.15, 0.2) is 0 Å². The summed E-state index contributed by atoms with van der Waals surface area (Å²) in [7, 11) is 1.82. The summed E-state index contributed by atoms with van der Waals surface area (Å²) < 4.78 is 5.54. The molecule has 0 N–H and O–H groups in total. The molecule has 5 heteroatoms. The van der Waals surface area contributed by atoms with E-state index in [-0.39, 0.29) is 18.7 Å². The van der Waals surface area contributed by atoms with E-state index >= 15 is 0 Å². The van der Waals surface area contributed by atoms with Gasteiger partial charge in [0.05, 0.1) is 6.04 Å². The second-order valence-corrected chi connectivity index (χ2v) is 7.49. The number of carbonyl (C=O) groups is 1. The van der Waals surface area contributed by atoms with E-state index in [0.717, 1.165) is 37.2 Å². The van der Waals surface area contributed by atoms with Crippen LogP contribution in [-0.4, -0.2) is 42.6 Å². The number of benzene rings is 2. The summed E-state index contributed by atoms with van der Waals surface area (Å²) in [6.07, 6.45) is 3.10. The van der Waals surface area contributed by atoms with Gasteiger partial charge in [-0.3, -0.25) is 0 Å². The molecule has 2 aromatic carbocycles. The molecule has 1 aliphatic rings. The van der Waals surface area contributed by atoms with Crippen LogP contribution in [0.5, 0.6) is 0 Å². The first-order chi connectivity index (χ1) is 13.1. The Morgan fingerprint density at radius 3 is 2.44 bits per heavy atom. The van der Waals surface area contributed by atoms with Crippen molar-refractivity contribution in [2.24, 2.45) is 0 Å². The third-order valence-electron chi connectivity index (χ3n) is 5.13. The third kappa shape index (κ3) is 5.72. The summed E-state index contributed by atoms with van der Waals surface area (Å²) in [5.41, 5.74) is 2.07. The lowest BCUT2D eigenvalue weighted by molar-refractivity contribution is 0.0871. The lowest BCUT2D eigenvalue weighted by Gasteiger charge is -2.29. The molecular weight excluding hydrogens is 360 g/mol. The summed E-state index contributed by atoms with van der Waals surface area (Å²) in [5, 5.41) is 0.700. The molecule has 4 nitrogen and oxygen atoms in total. The van der Waals surface area contributed by atoms with Gasteiger partial charge in [-0.2, -0.15) is 0 Å². The van der Waals surface area contributed by atoms with E-state index in [1.165, 1.54) is 12.8 Å². The highest BCUT2D eigenvalue weighted by Crippen LogP contribution is 2.26. The SMILES string of the molecule is CN(C(=O)OCc1ccccc1)[C@H](CCN1CCCC1)c1ccc(Cl)cc1. The highest BCUT2D eigenvalue weighted by Gasteiger charge is 2.24. The first-order valence-corrected chi connectivity index (χ1v) is 9.92. The quantitative estimate of drug-likeness (QED) is 0.660. The van der Waals surface area contributed by atoms with Crippen molar-refractivity contribution in [3.8, 4) is 0 Å². The van der Waals surface area contributed by atoms with Crippen LogP contribution in [0.25, 0.3) is 0 Å². The maximum Gasteiger partial charge on any atom is 0.410 e. The van der Waals surface area contributed by atoms with Gasteiger partial charge in [-0.1, -0.05) is 54.1 Å². The molecule has 1 saturated heterocycles. The average Bonchev–Trinajstić information content (AvgIpc) is 3.22. The van der Waals surface area contributed by atoms with Gasteiger partial charge in [-0.05, 0) is 55.6 Å². The highest BCUT2D eigenvalue weighted by molar-refractivity contribution is 6.30. The Morgan fingerprint density at radius 2 is 1.78 bits per heavy atom. The van der Waals surface area contributed by atoms with Crippen molar-refractivity contribution in [2.45, 2.75) is 31.9 Å². The largest absolute Gasteiger partial charge is 0.445 e. The summed E-state index contributed by atoms with van der Waals surface area (Å²) in [5.74, 6) is 0. The summed E-state index contributed by atoms with van der Waals surface area (Å²) in [6.45, 7) is 3.55. The molecule has 1 aliphatic heterocycles. The maximum atomic E-state index is 12.7. The van der Waals surface area contributed by atoms with Gasteiger partial charge < -0.3 is 14.5 Å².